The second-order valence-electron chi connectivity index (χ2n) is 3.70. The van der Waals surface area contributed by atoms with Crippen LogP contribution in [0.5, 0.6) is 5.75 Å². The predicted molar refractivity (Wildman–Crippen MR) is 72.4 cm³/mol. The monoisotopic (exact) mass is 262 g/mol. The van der Waals surface area contributed by atoms with Crippen molar-refractivity contribution >= 4 is 22.4 Å². The maximum Gasteiger partial charge on any atom is 0.257 e. The van der Waals surface area contributed by atoms with Crippen LogP contribution in [0.1, 0.15) is 22.8 Å². The van der Waals surface area contributed by atoms with Crippen molar-refractivity contribution in [2.45, 2.75) is 13.8 Å². The van der Waals surface area contributed by atoms with E-state index >= 15 is 0 Å². The summed E-state index contributed by atoms with van der Waals surface area (Å²) in [6, 6.07) is 5.38. The highest BCUT2D eigenvalue weighted by Gasteiger charge is 2.09. The van der Waals surface area contributed by atoms with Gasteiger partial charge in [-0.05, 0) is 37.6 Å². The van der Waals surface area contributed by atoms with Crippen molar-refractivity contribution in [3.63, 3.8) is 0 Å². The quantitative estimate of drug-likeness (QED) is 0.921. The largest absolute Gasteiger partial charge is 0.494 e. The number of amides is 1. The molecule has 1 N–H and O–H groups in total. The molecule has 0 saturated carbocycles. The fraction of sp³-hybridized carbons (Fsp3) is 0.231. The number of hydrogen-bond donors (Lipinski definition) is 1. The zero-order valence-corrected chi connectivity index (χ0v) is 11.1. The molecular formula is C13H14N2O2S. The summed E-state index contributed by atoms with van der Waals surface area (Å²) >= 11 is 1.39. The molecule has 4 nitrogen and oxygen atoms in total. The van der Waals surface area contributed by atoms with Crippen LogP contribution in [-0.2, 0) is 0 Å². The minimum atomic E-state index is -0.156. The number of carbonyl (C=O) groups is 1. The van der Waals surface area contributed by atoms with Gasteiger partial charge in [0.25, 0.3) is 5.91 Å². The molecule has 5 heteroatoms. The summed E-state index contributed by atoms with van der Waals surface area (Å²) in [6.07, 6.45) is 1.66. The van der Waals surface area contributed by atoms with E-state index in [0.717, 1.165) is 11.3 Å². The summed E-state index contributed by atoms with van der Waals surface area (Å²) in [4.78, 5) is 16.0. The van der Waals surface area contributed by atoms with Gasteiger partial charge in [0.05, 0.1) is 6.61 Å². The Morgan fingerprint density at radius 1 is 1.50 bits per heavy atom. The lowest BCUT2D eigenvalue weighted by atomic mass is 10.1. The molecule has 0 aliphatic rings. The SMILES string of the molecule is CCOc1ccc(C(=O)Nc2nccs2)cc1C. The zero-order chi connectivity index (χ0) is 13.0. The third kappa shape index (κ3) is 2.87. The van der Waals surface area contributed by atoms with E-state index in [0.29, 0.717) is 17.3 Å². The number of ether oxygens (including phenoxy) is 1. The molecule has 0 fully saturated rings. The molecule has 0 radical (unpaired) electrons. The standard InChI is InChI=1S/C13H14N2O2S/c1-3-17-11-5-4-10(8-9(11)2)12(16)15-13-14-6-7-18-13/h4-8H,3H2,1-2H3,(H,14,15,16). The highest BCUT2D eigenvalue weighted by Crippen LogP contribution is 2.20. The second kappa shape index (κ2) is 5.64. The lowest BCUT2D eigenvalue weighted by Crippen LogP contribution is -2.12. The number of aromatic nitrogens is 1. The van der Waals surface area contributed by atoms with E-state index in [4.69, 9.17) is 4.74 Å². The molecule has 1 aromatic heterocycles. The third-order valence-corrected chi connectivity index (χ3v) is 3.08. The summed E-state index contributed by atoms with van der Waals surface area (Å²) in [5.74, 6) is 0.652. The number of thiazole rings is 1. The first-order chi connectivity index (χ1) is 8.70. The van der Waals surface area contributed by atoms with Gasteiger partial charge in [-0.3, -0.25) is 10.1 Å². The van der Waals surface area contributed by atoms with E-state index in [9.17, 15) is 4.79 Å². The Morgan fingerprint density at radius 3 is 2.94 bits per heavy atom. The van der Waals surface area contributed by atoms with Gasteiger partial charge in [-0.15, -0.1) is 11.3 Å². The topological polar surface area (TPSA) is 51.2 Å². The molecule has 0 bridgehead atoms. The molecule has 0 aliphatic heterocycles. The minimum Gasteiger partial charge on any atom is -0.494 e. The number of nitrogens with one attached hydrogen (secondary N) is 1. The van der Waals surface area contributed by atoms with E-state index in [2.05, 4.69) is 10.3 Å². The van der Waals surface area contributed by atoms with Crippen molar-refractivity contribution in [3.8, 4) is 5.75 Å². The normalized spacial score (nSPS) is 10.1. The van der Waals surface area contributed by atoms with Gasteiger partial charge in [-0.2, -0.15) is 0 Å². The Bertz CT molecular complexity index is 538. The molecule has 2 aromatic rings. The van der Waals surface area contributed by atoms with Gasteiger partial charge in [-0.25, -0.2) is 4.98 Å². The van der Waals surface area contributed by atoms with Crippen LogP contribution in [0, 0.1) is 6.92 Å². The first-order valence-electron chi connectivity index (χ1n) is 5.65. The minimum absolute atomic E-state index is 0.156. The predicted octanol–water partition coefficient (Wildman–Crippen LogP) is 3.10. The van der Waals surface area contributed by atoms with Gasteiger partial charge in [-0.1, -0.05) is 0 Å². The molecule has 0 unspecified atom stereocenters. The molecule has 94 valence electrons. The number of benzene rings is 1. The number of rotatable bonds is 4. The van der Waals surface area contributed by atoms with E-state index in [1.807, 2.05) is 31.4 Å². The van der Waals surface area contributed by atoms with E-state index in [1.165, 1.54) is 11.3 Å². The van der Waals surface area contributed by atoms with Gasteiger partial charge < -0.3 is 4.74 Å². The lowest BCUT2D eigenvalue weighted by molar-refractivity contribution is 0.102. The van der Waals surface area contributed by atoms with Crippen molar-refractivity contribution in [1.82, 2.24) is 4.98 Å². The van der Waals surface area contributed by atoms with Crippen molar-refractivity contribution in [3.05, 3.63) is 40.9 Å². The van der Waals surface area contributed by atoms with Crippen LogP contribution in [0.15, 0.2) is 29.8 Å². The number of carbonyl (C=O) groups excluding carboxylic acids is 1. The molecule has 2 rings (SSSR count). The number of aryl methyl sites for hydroxylation is 1. The highest BCUT2D eigenvalue weighted by atomic mass is 32.1. The molecule has 1 heterocycles. The molecule has 18 heavy (non-hydrogen) atoms. The number of nitrogens with zero attached hydrogens (tertiary/aromatic N) is 1. The summed E-state index contributed by atoms with van der Waals surface area (Å²) < 4.78 is 5.44. The van der Waals surface area contributed by atoms with Crippen LogP contribution < -0.4 is 10.1 Å². The van der Waals surface area contributed by atoms with Crippen LogP contribution in [0.2, 0.25) is 0 Å². The van der Waals surface area contributed by atoms with Gasteiger partial charge in [0.15, 0.2) is 5.13 Å². The number of hydrogen-bond acceptors (Lipinski definition) is 4. The third-order valence-electron chi connectivity index (χ3n) is 2.39. The van der Waals surface area contributed by atoms with Gasteiger partial charge in [0.2, 0.25) is 0 Å². The molecular weight excluding hydrogens is 248 g/mol. The summed E-state index contributed by atoms with van der Waals surface area (Å²) in [6.45, 7) is 4.47. The Hall–Kier alpha value is -1.88. The molecule has 0 aliphatic carbocycles. The molecule has 0 atom stereocenters. The van der Waals surface area contributed by atoms with E-state index in [1.54, 1.807) is 12.3 Å². The Morgan fingerprint density at radius 2 is 2.33 bits per heavy atom. The van der Waals surface area contributed by atoms with Crippen LogP contribution in [0.4, 0.5) is 5.13 Å². The fourth-order valence-corrected chi connectivity index (χ4v) is 2.09. The van der Waals surface area contributed by atoms with Crippen LogP contribution >= 0.6 is 11.3 Å². The molecule has 1 amide bonds. The van der Waals surface area contributed by atoms with Crippen LogP contribution in [-0.4, -0.2) is 17.5 Å². The van der Waals surface area contributed by atoms with Crippen molar-refractivity contribution < 1.29 is 9.53 Å². The smallest absolute Gasteiger partial charge is 0.257 e. The van der Waals surface area contributed by atoms with Gasteiger partial charge >= 0.3 is 0 Å². The highest BCUT2D eigenvalue weighted by molar-refractivity contribution is 7.13. The maximum absolute atomic E-state index is 11.9. The molecule has 0 saturated heterocycles. The lowest BCUT2D eigenvalue weighted by Gasteiger charge is -2.08. The Kier molecular flexibility index (Phi) is 3.94. The van der Waals surface area contributed by atoms with Crippen molar-refractivity contribution in [2.75, 3.05) is 11.9 Å². The average molecular weight is 262 g/mol. The number of anilines is 1. The molecule has 0 spiro atoms. The van der Waals surface area contributed by atoms with Crippen LogP contribution in [0.25, 0.3) is 0 Å². The first kappa shape index (κ1) is 12.6. The zero-order valence-electron chi connectivity index (χ0n) is 10.3. The van der Waals surface area contributed by atoms with Gasteiger partial charge in [0, 0.05) is 17.1 Å². The summed E-state index contributed by atoms with van der Waals surface area (Å²) in [5, 5.41) is 5.17. The van der Waals surface area contributed by atoms with Crippen molar-refractivity contribution in [1.29, 1.82) is 0 Å². The Balaban J connectivity index is 2.13. The fourth-order valence-electron chi connectivity index (χ4n) is 1.56. The molecule has 1 aromatic carbocycles. The van der Waals surface area contributed by atoms with Gasteiger partial charge in [0.1, 0.15) is 5.75 Å². The Labute approximate surface area is 110 Å². The van der Waals surface area contributed by atoms with Crippen LogP contribution in [0.3, 0.4) is 0 Å². The summed E-state index contributed by atoms with van der Waals surface area (Å²) in [5.41, 5.74) is 1.55. The summed E-state index contributed by atoms with van der Waals surface area (Å²) in [7, 11) is 0. The maximum atomic E-state index is 11.9. The first-order valence-corrected chi connectivity index (χ1v) is 6.53. The van der Waals surface area contributed by atoms with Crippen molar-refractivity contribution in [2.24, 2.45) is 0 Å². The van der Waals surface area contributed by atoms with E-state index < -0.39 is 0 Å². The average Bonchev–Trinajstić information content (AvgIpc) is 2.84. The van der Waals surface area contributed by atoms with E-state index in [-0.39, 0.29) is 5.91 Å². The second-order valence-corrected chi connectivity index (χ2v) is 4.60.